The lowest BCUT2D eigenvalue weighted by atomic mass is 9.90. The van der Waals surface area contributed by atoms with Crippen LogP contribution < -0.4 is 10.4 Å². The number of esters is 5. The second-order valence-electron chi connectivity index (χ2n) is 25.2. The fourth-order valence-electron chi connectivity index (χ4n) is 9.82. The van der Waals surface area contributed by atoms with E-state index in [1.54, 1.807) is 50.3 Å². The molecular formula is C77H92O18. The van der Waals surface area contributed by atoms with Crippen molar-refractivity contribution in [3.05, 3.63) is 197 Å². The molecule has 8 atom stereocenters. The van der Waals surface area contributed by atoms with Gasteiger partial charge in [-0.2, -0.15) is 0 Å². The van der Waals surface area contributed by atoms with Crippen LogP contribution in [-0.4, -0.2) is 115 Å². The first-order valence-electron chi connectivity index (χ1n) is 32.9. The number of hydrogen-bond donors (Lipinski definition) is 3. The summed E-state index contributed by atoms with van der Waals surface area (Å²) in [6.45, 7) is 15.8. The number of allylic oxidation sites excluding steroid dienone is 2. The zero-order valence-corrected chi connectivity index (χ0v) is 55.8. The van der Waals surface area contributed by atoms with Crippen LogP contribution in [0.25, 0.3) is 33.2 Å². The van der Waals surface area contributed by atoms with E-state index in [0.717, 1.165) is 47.8 Å². The van der Waals surface area contributed by atoms with Crippen molar-refractivity contribution in [1.82, 2.24) is 0 Å². The Morgan fingerprint density at radius 3 is 1.47 bits per heavy atom. The van der Waals surface area contributed by atoms with E-state index >= 15 is 0 Å². The molecule has 3 heterocycles. The Kier molecular flexibility index (Phi) is 28.0. The van der Waals surface area contributed by atoms with Gasteiger partial charge in [-0.15, -0.1) is 0 Å². The van der Waals surface area contributed by atoms with Crippen LogP contribution in [0, 0.1) is 28.6 Å². The van der Waals surface area contributed by atoms with Gasteiger partial charge >= 0.3 is 35.5 Å². The van der Waals surface area contributed by atoms with Crippen molar-refractivity contribution in [2.45, 2.75) is 144 Å². The minimum atomic E-state index is -0.968. The van der Waals surface area contributed by atoms with Crippen LogP contribution in [0.5, 0.6) is 5.75 Å². The number of ether oxygens (including phenoxy) is 8. The predicted molar refractivity (Wildman–Crippen MR) is 362 cm³/mol. The van der Waals surface area contributed by atoms with Crippen LogP contribution in [0.3, 0.4) is 0 Å². The van der Waals surface area contributed by atoms with Crippen molar-refractivity contribution >= 4 is 52.0 Å². The minimum Gasteiger partial charge on any atom is -0.491 e. The molecule has 2 aliphatic carbocycles. The number of carbonyl (C=O) groups is 5. The third kappa shape index (κ3) is 22.4. The van der Waals surface area contributed by atoms with Crippen molar-refractivity contribution in [2.24, 2.45) is 28.6 Å². The Hall–Kier alpha value is -8.84. The molecule has 0 saturated heterocycles. The molecule has 95 heavy (non-hydrogen) atoms. The molecule has 1 aromatic heterocycles. The summed E-state index contributed by atoms with van der Waals surface area (Å²) in [4.78, 5) is 72.8. The Morgan fingerprint density at radius 1 is 0.526 bits per heavy atom. The molecular weight excluding hydrogens is 1210 g/mol. The van der Waals surface area contributed by atoms with Crippen molar-refractivity contribution in [3.63, 3.8) is 0 Å². The smallest absolute Gasteiger partial charge is 0.344 e. The summed E-state index contributed by atoms with van der Waals surface area (Å²) in [6, 6.07) is 35.2. The van der Waals surface area contributed by atoms with E-state index in [2.05, 4.69) is 0 Å². The standard InChI is InChI=1S/C27H34O6.C26H32O6.C24H26O6/c1-4-27(2,3)26(30)31-15-9-8-12-21(28)18-32-22-14-13-20-16-23(19-10-6-5-7-11-19)25(29)33-24(20)17-22;1-3-18(2)25(28)30-14-8-7-11-21(27)17-31-22-13-12-20-15-23(19-9-5-4-6-10-19)26(29)32-24(20)16-22;1-4-24(2,3)23(27)29-15-18(25)14-28-19-11-10-17-12-20(16-8-6-5-7-9-16)22(26)30-21(17)13-19/h5-7,10-11,13-14,16-17,20-21,24,28H,4,8-9,12,15,18H2,1-3H3;4-6,9-10,12-13,15-16,18,20-21,24,27H,3,7-8,11,14,17H2,1-2H3;5-13,18,25H,4,14-15H2,1-3H3. The highest BCUT2D eigenvalue weighted by Gasteiger charge is 2.34. The van der Waals surface area contributed by atoms with E-state index in [1.807, 2.05) is 169 Å². The normalized spacial score (nSPS) is 18.4. The van der Waals surface area contributed by atoms with Crippen LogP contribution >= 0.6 is 0 Å². The number of aliphatic hydroxyl groups excluding tert-OH is 3. The maximum absolute atomic E-state index is 12.5. The SMILES string of the molecule is CCC(C)(C)C(=O)OCC(O)COc1ccc2cc(-c3ccccc3)c(=O)oc2c1.CCC(C)(C)C(=O)OCCCCC(O)COC1=CC2OC(=O)C(c3ccccc3)=CC2C=C1.CCC(C)C(=O)OCCCCC(O)COC1=CC2OC(=O)C(c3ccccc3)=CC2C=C1. The fourth-order valence-corrected chi connectivity index (χ4v) is 9.82. The maximum atomic E-state index is 12.5. The average Bonchev–Trinajstić information content (AvgIpc) is 0.832. The molecule has 4 aromatic carbocycles. The summed E-state index contributed by atoms with van der Waals surface area (Å²) < 4.78 is 49.4. The molecule has 0 fully saturated rings. The van der Waals surface area contributed by atoms with E-state index in [0.29, 0.717) is 84.9 Å². The number of rotatable bonds is 30. The van der Waals surface area contributed by atoms with Gasteiger partial charge in [0.2, 0.25) is 0 Å². The van der Waals surface area contributed by atoms with Gasteiger partial charge in [-0.05, 0) is 145 Å². The van der Waals surface area contributed by atoms with E-state index in [-0.39, 0.29) is 74.0 Å². The third-order valence-corrected chi connectivity index (χ3v) is 16.9. The van der Waals surface area contributed by atoms with Crippen LogP contribution in [-0.2, 0) is 57.1 Å². The molecule has 0 saturated carbocycles. The largest absolute Gasteiger partial charge is 0.491 e. The zero-order valence-electron chi connectivity index (χ0n) is 55.8. The number of fused-ring (bicyclic) bond motifs is 3. The van der Waals surface area contributed by atoms with Crippen LogP contribution in [0.1, 0.15) is 124 Å². The van der Waals surface area contributed by atoms with Gasteiger partial charge in [-0.3, -0.25) is 14.4 Å². The van der Waals surface area contributed by atoms with E-state index in [4.69, 9.17) is 42.3 Å². The first-order valence-corrected chi connectivity index (χ1v) is 32.9. The van der Waals surface area contributed by atoms with Crippen LogP contribution in [0.2, 0.25) is 0 Å². The Balaban J connectivity index is 0.000000202. The number of carbonyl (C=O) groups excluding carboxylic acids is 5. The number of benzene rings is 4. The van der Waals surface area contributed by atoms with Crippen LogP contribution in [0.15, 0.2) is 185 Å². The van der Waals surface area contributed by atoms with E-state index < -0.39 is 47.0 Å². The average molecular weight is 1310 g/mol. The Bertz CT molecular complexity index is 3590. The molecule has 508 valence electrons. The molecule has 8 unspecified atom stereocenters. The summed E-state index contributed by atoms with van der Waals surface area (Å²) in [6.07, 6.45) is 18.1. The molecule has 4 aliphatic rings. The summed E-state index contributed by atoms with van der Waals surface area (Å²) in [5.41, 5.74) is 3.01. The van der Waals surface area contributed by atoms with Crippen molar-refractivity contribution in [3.8, 4) is 16.9 Å². The Labute approximate surface area is 556 Å². The summed E-state index contributed by atoms with van der Waals surface area (Å²) in [7, 11) is 0. The van der Waals surface area contributed by atoms with Crippen molar-refractivity contribution in [2.75, 3.05) is 39.6 Å². The molecule has 0 amide bonds. The van der Waals surface area contributed by atoms with Gasteiger partial charge in [0, 0.05) is 23.3 Å². The first kappa shape index (κ1) is 73.6. The zero-order chi connectivity index (χ0) is 68.5. The topological polar surface area (TPSA) is 250 Å². The lowest BCUT2D eigenvalue weighted by Gasteiger charge is -2.29. The molecule has 9 rings (SSSR count). The monoisotopic (exact) mass is 1300 g/mol. The highest BCUT2D eigenvalue weighted by molar-refractivity contribution is 6.18. The number of hydrogen-bond acceptors (Lipinski definition) is 18. The Morgan fingerprint density at radius 2 is 0.989 bits per heavy atom. The maximum Gasteiger partial charge on any atom is 0.344 e. The summed E-state index contributed by atoms with van der Waals surface area (Å²) >= 11 is 0. The molecule has 18 nitrogen and oxygen atoms in total. The second kappa shape index (κ2) is 36.2. The quantitative estimate of drug-likeness (QED) is 0.0167. The molecule has 2 aliphatic heterocycles. The molecule has 0 bridgehead atoms. The van der Waals surface area contributed by atoms with Gasteiger partial charge in [0.05, 0.1) is 58.9 Å². The number of aliphatic hydroxyl groups is 3. The third-order valence-electron chi connectivity index (χ3n) is 16.9. The molecule has 3 N–H and O–H groups in total. The van der Waals surface area contributed by atoms with Gasteiger partial charge in [0.25, 0.3) is 0 Å². The van der Waals surface area contributed by atoms with Gasteiger partial charge < -0.3 is 57.6 Å². The lowest BCUT2D eigenvalue weighted by Crippen LogP contribution is -2.31. The summed E-state index contributed by atoms with van der Waals surface area (Å²) in [5.74, 6) is 0.0323. The second-order valence-corrected chi connectivity index (χ2v) is 25.2. The molecule has 18 heteroatoms. The lowest BCUT2D eigenvalue weighted by molar-refractivity contribution is -0.157. The highest BCUT2D eigenvalue weighted by atomic mass is 16.6. The van der Waals surface area contributed by atoms with Gasteiger partial charge in [0.15, 0.2) is 0 Å². The highest BCUT2D eigenvalue weighted by Crippen LogP contribution is 2.34. The van der Waals surface area contributed by atoms with E-state index in [9.17, 15) is 44.1 Å². The van der Waals surface area contributed by atoms with Crippen molar-refractivity contribution < 1.29 is 81.6 Å². The van der Waals surface area contributed by atoms with Gasteiger partial charge in [0.1, 0.15) is 67.6 Å². The van der Waals surface area contributed by atoms with Crippen LogP contribution in [0.4, 0.5) is 0 Å². The fraction of sp³-hybridized carbons (Fsp3) is 0.429. The molecule has 0 radical (unpaired) electrons. The molecule has 0 spiro atoms. The number of unbranched alkanes of at least 4 members (excludes halogenated alkanes) is 2. The first-order chi connectivity index (χ1) is 45.6. The summed E-state index contributed by atoms with van der Waals surface area (Å²) in [5, 5.41) is 31.2. The van der Waals surface area contributed by atoms with Gasteiger partial charge in [-0.1, -0.05) is 143 Å². The van der Waals surface area contributed by atoms with Gasteiger partial charge in [-0.25, -0.2) is 14.4 Å². The predicted octanol–water partition coefficient (Wildman–Crippen LogP) is 13.0. The molecule has 5 aromatic rings. The van der Waals surface area contributed by atoms with Crippen molar-refractivity contribution in [1.29, 1.82) is 0 Å². The van der Waals surface area contributed by atoms with E-state index in [1.165, 1.54) is 0 Å². The minimum absolute atomic E-state index is 0.0432.